The van der Waals surface area contributed by atoms with Crippen molar-refractivity contribution >= 4 is 23.3 Å². The van der Waals surface area contributed by atoms with Gasteiger partial charge in [0.15, 0.2) is 6.19 Å². The molecular weight excluding hydrogens is 259 g/mol. The lowest BCUT2D eigenvalue weighted by atomic mass is 10.2. The van der Waals surface area contributed by atoms with Gasteiger partial charge >= 0.3 is 12.2 Å². The van der Waals surface area contributed by atoms with Crippen LogP contribution in [0.5, 0.6) is 0 Å². The molecule has 2 amide bonds. The summed E-state index contributed by atoms with van der Waals surface area (Å²) in [6, 6.07) is 1.95. The number of alkyl halides is 3. The summed E-state index contributed by atoms with van der Waals surface area (Å²) < 4.78 is 37.3. The highest BCUT2D eigenvalue weighted by atomic mass is 35.5. The van der Waals surface area contributed by atoms with Crippen molar-refractivity contribution in [1.29, 1.82) is 5.26 Å². The van der Waals surface area contributed by atoms with Crippen LogP contribution in [-0.2, 0) is 6.18 Å². The smallest absolute Gasteiger partial charge is 0.307 e. The van der Waals surface area contributed by atoms with Crippen LogP contribution < -0.4 is 10.6 Å². The highest BCUT2D eigenvalue weighted by Gasteiger charge is 2.33. The van der Waals surface area contributed by atoms with Crippen LogP contribution in [-0.4, -0.2) is 6.03 Å². The summed E-state index contributed by atoms with van der Waals surface area (Å²) in [6.07, 6.45) is -3.28. The number of nitrogens with zero attached hydrogens (tertiary/aromatic N) is 1. The number of amides is 2. The van der Waals surface area contributed by atoms with Gasteiger partial charge in [-0.3, -0.25) is 0 Å². The van der Waals surface area contributed by atoms with Gasteiger partial charge in [0, 0.05) is 5.69 Å². The normalized spacial score (nSPS) is 10.5. The first-order chi connectivity index (χ1) is 7.84. The summed E-state index contributed by atoms with van der Waals surface area (Å²) in [5.41, 5.74) is -1.18. The zero-order valence-electron chi connectivity index (χ0n) is 8.10. The van der Waals surface area contributed by atoms with Gasteiger partial charge in [-0.2, -0.15) is 18.4 Å². The summed E-state index contributed by atoms with van der Waals surface area (Å²) in [6.45, 7) is 0. The molecule has 8 heteroatoms. The van der Waals surface area contributed by atoms with Gasteiger partial charge in [-0.1, -0.05) is 11.6 Å². The number of nitriles is 1. The van der Waals surface area contributed by atoms with Crippen molar-refractivity contribution in [1.82, 2.24) is 5.32 Å². The summed E-state index contributed by atoms with van der Waals surface area (Å²) in [5.74, 6) is 0. The minimum absolute atomic E-state index is 0.116. The lowest BCUT2D eigenvalue weighted by Crippen LogP contribution is -2.24. The second kappa shape index (κ2) is 4.93. The number of rotatable bonds is 1. The van der Waals surface area contributed by atoms with Crippen LogP contribution in [0.25, 0.3) is 0 Å². The summed E-state index contributed by atoms with van der Waals surface area (Å²) in [4.78, 5) is 10.9. The van der Waals surface area contributed by atoms with Gasteiger partial charge in [-0.25, -0.2) is 10.1 Å². The maximum atomic E-state index is 12.4. The van der Waals surface area contributed by atoms with Gasteiger partial charge in [0.1, 0.15) is 0 Å². The fourth-order valence-corrected chi connectivity index (χ4v) is 1.26. The molecular formula is C9H5ClF3N3O. The molecule has 0 aromatic heterocycles. The second-order valence-corrected chi connectivity index (χ2v) is 3.29. The molecule has 1 aromatic rings. The molecule has 4 nitrogen and oxygen atoms in total. The lowest BCUT2D eigenvalue weighted by molar-refractivity contribution is -0.137. The van der Waals surface area contributed by atoms with E-state index in [-0.39, 0.29) is 5.69 Å². The van der Waals surface area contributed by atoms with Gasteiger partial charge in [-0.05, 0) is 18.2 Å². The number of benzene rings is 1. The number of urea groups is 1. The van der Waals surface area contributed by atoms with Crippen LogP contribution in [0.2, 0.25) is 5.02 Å². The van der Waals surface area contributed by atoms with Crippen LogP contribution in [0.4, 0.5) is 23.7 Å². The van der Waals surface area contributed by atoms with E-state index < -0.39 is 22.8 Å². The van der Waals surface area contributed by atoms with Crippen molar-refractivity contribution < 1.29 is 18.0 Å². The zero-order valence-corrected chi connectivity index (χ0v) is 8.86. The number of carbonyl (C=O) groups excluding carboxylic acids is 1. The molecule has 2 N–H and O–H groups in total. The Morgan fingerprint density at radius 3 is 2.59 bits per heavy atom. The van der Waals surface area contributed by atoms with Crippen molar-refractivity contribution in [3.8, 4) is 6.19 Å². The first-order valence-corrected chi connectivity index (χ1v) is 4.55. The van der Waals surface area contributed by atoms with Gasteiger partial charge in [0.25, 0.3) is 0 Å². The maximum absolute atomic E-state index is 12.4. The fraction of sp³-hybridized carbons (Fsp3) is 0.111. The van der Waals surface area contributed by atoms with Crippen LogP contribution in [0.15, 0.2) is 18.2 Å². The molecule has 0 heterocycles. The van der Waals surface area contributed by atoms with E-state index in [9.17, 15) is 18.0 Å². The Morgan fingerprint density at radius 1 is 1.41 bits per heavy atom. The Morgan fingerprint density at radius 2 is 2.06 bits per heavy atom. The minimum atomic E-state index is -4.61. The predicted octanol–water partition coefficient (Wildman–Crippen LogP) is 2.96. The van der Waals surface area contributed by atoms with Crippen molar-refractivity contribution in [2.24, 2.45) is 0 Å². The molecule has 0 aliphatic rings. The van der Waals surface area contributed by atoms with Crippen molar-refractivity contribution in [2.45, 2.75) is 6.18 Å². The number of halogens is 4. The first-order valence-electron chi connectivity index (χ1n) is 4.17. The molecule has 17 heavy (non-hydrogen) atoms. The molecule has 0 spiro atoms. The Balaban J connectivity index is 2.98. The molecule has 0 atom stereocenters. The molecule has 1 rings (SSSR count). The van der Waals surface area contributed by atoms with E-state index in [4.69, 9.17) is 16.9 Å². The molecule has 0 aliphatic carbocycles. The second-order valence-electron chi connectivity index (χ2n) is 2.88. The molecule has 0 fully saturated rings. The SMILES string of the molecule is N#CNC(=O)Nc1ccc(Cl)c(C(F)(F)F)c1. The number of anilines is 1. The summed E-state index contributed by atoms with van der Waals surface area (Å²) >= 11 is 5.38. The van der Waals surface area contributed by atoms with Gasteiger partial charge in [0.05, 0.1) is 10.6 Å². The van der Waals surface area contributed by atoms with E-state index in [0.717, 1.165) is 6.07 Å². The maximum Gasteiger partial charge on any atom is 0.417 e. The van der Waals surface area contributed by atoms with Gasteiger partial charge < -0.3 is 5.32 Å². The van der Waals surface area contributed by atoms with E-state index in [1.807, 2.05) is 0 Å². The van der Waals surface area contributed by atoms with Crippen molar-refractivity contribution in [2.75, 3.05) is 5.32 Å². The lowest BCUT2D eigenvalue weighted by Gasteiger charge is -2.11. The summed E-state index contributed by atoms with van der Waals surface area (Å²) in [5, 5.41) is 11.4. The Hall–Kier alpha value is -1.94. The quantitative estimate of drug-likeness (QED) is 0.604. The summed E-state index contributed by atoms with van der Waals surface area (Å²) in [7, 11) is 0. The monoisotopic (exact) mass is 263 g/mol. The zero-order chi connectivity index (χ0) is 13.1. The highest BCUT2D eigenvalue weighted by Crippen LogP contribution is 2.36. The van der Waals surface area contributed by atoms with E-state index in [1.165, 1.54) is 12.3 Å². The van der Waals surface area contributed by atoms with Crippen molar-refractivity contribution in [3.05, 3.63) is 28.8 Å². The Kier molecular flexibility index (Phi) is 3.81. The topological polar surface area (TPSA) is 64.9 Å². The van der Waals surface area contributed by atoms with E-state index in [1.54, 1.807) is 5.32 Å². The van der Waals surface area contributed by atoms with Crippen LogP contribution in [0, 0.1) is 11.5 Å². The molecule has 0 radical (unpaired) electrons. The third kappa shape index (κ3) is 3.53. The number of carbonyl (C=O) groups is 1. The minimum Gasteiger partial charge on any atom is -0.307 e. The predicted molar refractivity (Wildman–Crippen MR) is 54.2 cm³/mol. The van der Waals surface area contributed by atoms with Gasteiger partial charge in [0.2, 0.25) is 0 Å². The number of hydrogen-bond donors (Lipinski definition) is 2. The molecule has 1 aromatic carbocycles. The van der Waals surface area contributed by atoms with E-state index in [2.05, 4.69) is 5.32 Å². The van der Waals surface area contributed by atoms with Crippen molar-refractivity contribution in [3.63, 3.8) is 0 Å². The Labute approximate surface area is 99.0 Å². The van der Waals surface area contributed by atoms with Crippen LogP contribution >= 0.6 is 11.6 Å². The van der Waals surface area contributed by atoms with Crippen LogP contribution in [0.3, 0.4) is 0 Å². The molecule has 0 bridgehead atoms. The van der Waals surface area contributed by atoms with Gasteiger partial charge in [-0.15, -0.1) is 0 Å². The Bertz CT molecular complexity index is 481. The molecule has 90 valence electrons. The third-order valence-electron chi connectivity index (χ3n) is 1.70. The largest absolute Gasteiger partial charge is 0.417 e. The average molecular weight is 264 g/mol. The van der Waals surface area contributed by atoms with E-state index >= 15 is 0 Å². The molecule has 0 unspecified atom stereocenters. The molecule has 0 saturated carbocycles. The number of nitrogens with one attached hydrogen (secondary N) is 2. The van der Waals surface area contributed by atoms with E-state index in [0.29, 0.717) is 6.07 Å². The number of hydrogen-bond acceptors (Lipinski definition) is 2. The first kappa shape index (κ1) is 13.1. The third-order valence-corrected chi connectivity index (χ3v) is 2.03. The highest BCUT2D eigenvalue weighted by molar-refractivity contribution is 6.31. The average Bonchev–Trinajstić information content (AvgIpc) is 2.19. The molecule has 0 aliphatic heterocycles. The fourth-order valence-electron chi connectivity index (χ4n) is 1.03. The van der Waals surface area contributed by atoms with Crippen LogP contribution in [0.1, 0.15) is 5.56 Å². The standard InChI is InChI=1S/C9H5ClF3N3O/c10-7-2-1-5(16-8(17)15-4-14)3-6(7)9(11,12)13/h1-3H,(H2,15,16,17). The molecule has 0 saturated heterocycles.